The van der Waals surface area contributed by atoms with Gasteiger partial charge in [-0.25, -0.2) is 14.6 Å². The molecular weight excluding hydrogens is 568 g/mol. The summed E-state index contributed by atoms with van der Waals surface area (Å²) in [5.41, 5.74) is 2.58. The molecule has 5 rings (SSSR count). The molecule has 9 nitrogen and oxygen atoms in total. The maximum Gasteiger partial charge on any atom is 0.344 e. The number of rotatable bonds is 10. The molecule has 0 saturated carbocycles. The zero-order chi connectivity index (χ0) is 30.3. The van der Waals surface area contributed by atoms with Crippen LogP contribution in [-0.2, 0) is 19.1 Å². The van der Waals surface area contributed by atoms with Crippen LogP contribution in [0.2, 0.25) is 0 Å². The lowest BCUT2D eigenvalue weighted by Gasteiger charge is -2.26. The molecule has 1 aliphatic heterocycles. The quantitative estimate of drug-likeness (QED) is 0.255. The highest BCUT2D eigenvalue weighted by Crippen LogP contribution is 2.36. The lowest BCUT2D eigenvalue weighted by Crippen LogP contribution is -2.40. The van der Waals surface area contributed by atoms with Gasteiger partial charge in [0.2, 0.25) is 0 Å². The van der Waals surface area contributed by atoms with Gasteiger partial charge in [0.05, 0.1) is 42.2 Å². The topological polar surface area (TPSA) is 105 Å². The van der Waals surface area contributed by atoms with E-state index in [2.05, 4.69) is 0 Å². The molecule has 2 heterocycles. The fourth-order valence-corrected chi connectivity index (χ4v) is 5.72. The lowest BCUT2D eigenvalue weighted by atomic mass is 9.93. The number of nitrogens with zero attached hydrogens (tertiary/aromatic N) is 2. The SMILES string of the molecule is CCOC(=O)COc1ccc(/C=c2/sc3n(c2=O)[C@H](c2cccc(OC)c2)C(C(=O)OCC)=C(c2ccccc2)N=3)cc1. The molecular formula is C33H30N2O7S. The summed E-state index contributed by atoms with van der Waals surface area (Å²) in [4.78, 5) is 44.5. The molecule has 1 atom stereocenters. The minimum Gasteiger partial charge on any atom is -0.497 e. The molecule has 3 aromatic carbocycles. The molecule has 4 aromatic rings. The predicted octanol–water partition coefficient (Wildman–Crippen LogP) is 3.89. The molecule has 0 N–H and O–H groups in total. The fraction of sp³-hybridized carbons (Fsp3) is 0.212. The van der Waals surface area contributed by atoms with Crippen LogP contribution < -0.4 is 24.4 Å². The van der Waals surface area contributed by atoms with Crippen molar-refractivity contribution in [1.82, 2.24) is 4.57 Å². The first-order valence-electron chi connectivity index (χ1n) is 13.7. The average Bonchev–Trinajstić information content (AvgIpc) is 3.34. The second-order valence-electron chi connectivity index (χ2n) is 9.37. The Balaban J connectivity index is 1.65. The largest absolute Gasteiger partial charge is 0.497 e. The van der Waals surface area contributed by atoms with Crippen molar-refractivity contribution in [3.05, 3.63) is 121 Å². The Labute approximate surface area is 252 Å². The summed E-state index contributed by atoms with van der Waals surface area (Å²) < 4.78 is 23.3. The molecule has 0 radical (unpaired) electrons. The maximum absolute atomic E-state index is 14.0. The van der Waals surface area contributed by atoms with E-state index in [0.717, 1.165) is 11.1 Å². The zero-order valence-electron chi connectivity index (χ0n) is 23.9. The van der Waals surface area contributed by atoms with Crippen molar-refractivity contribution in [3.63, 3.8) is 0 Å². The molecule has 43 heavy (non-hydrogen) atoms. The van der Waals surface area contributed by atoms with Crippen molar-refractivity contribution >= 4 is 35.0 Å². The van der Waals surface area contributed by atoms with E-state index in [1.165, 1.54) is 11.3 Å². The van der Waals surface area contributed by atoms with E-state index < -0.39 is 18.0 Å². The number of carbonyl (C=O) groups is 2. The Bertz CT molecular complexity index is 1840. The van der Waals surface area contributed by atoms with Gasteiger partial charge in [0.15, 0.2) is 11.4 Å². The molecule has 220 valence electrons. The van der Waals surface area contributed by atoms with E-state index in [0.29, 0.717) is 32.1 Å². The third-order valence-electron chi connectivity index (χ3n) is 6.62. The van der Waals surface area contributed by atoms with E-state index in [-0.39, 0.29) is 31.0 Å². The number of ether oxygens (including phenoxy) is 4. The zero-order valence-corrected chi connectivity index (χ0v) is 24.8. The summed E-state index contributed by atoms with van der Waals surface area (Å²) in [6.45, 7) is 3.73. The number of benzene rings is 3. The number of esters is 2. The number of fused-ring (bicyclic) bond motifs is 1. The van der Waals surface area contributed by atoms with Gasteiger partial charge in [-0.05, 0) is 55.3 Å². The fourth-order valence-electron chi connectivity index (χ4n) is 4.72. The smallest absolute Gasteiger partial charge is 0.344 e. The van der Waals surface area contributed by atoms with Crippen LogP contribution in [0.15, 0.2) is 94.2 Å². The van der Waals surface area contributed by atoms with Gasteiger partial charge in [0.1, 0.15) is 11.5 Å². The average molecular weight is 599 g/mol. The van der Waals surface area contributed by atoms with Crippen LogP contribution in [0.5, 0.6) is 11.5 Å². The molecule has 0 saturated heterocycles. The van der Waals surface area contributed by atoms with Gasteiger partial charge in [-0.1, -0.05) is 65.9 Å². The second-order valence-corrected chi connectivity index (χ2v) is 10.4. The Morgan fingerprint density at radius 1 is 0.930 bits per heavy atom. The van der Waals surface area contributed by atoms with E-state index in [9.17, 15) is 14.4 Å². The maximum atomic E-state index is 14.0. The molecule has 0 unspecified atom stereocenters. The number of aromatic nitrogens is 1. The van der Waals surface area contributed by atoms with Gasteiger partial charge in [-0.3, -0.25) is 9.36 Å². The summed E-state index contributed by atoms with van der Waals surface area (Å²) in [6, 6.07) is 22.9. The summed E-state index contributed by atoms with van der Waals surface area (Å²) in [5.74, 6) is 0.0866. The highest BCUT2D eigenvalue weighted by Gasteiger charge is 2.35. The van der Waals surface area contributed by atoms with E-state index in [1.807, 2.05) is 48.5 Å². The molecule has 0 amide bonds. The van der Waals surface area contributed by atoms with Crippen molar-refractivity contribution in [2.24, 2.45) is 4.99 Å². The van der Waals surface area contributed by atoms with Gasteiger partial charge in [0, 0.05) is 5.56 Å². The van der Waals surface area contributed by atoms with E-state index in [4.69, 9.17) is 23.9 Å². The van der Waals surface area contributed by atoms with Gasteiger partial charge in [-0.2, -0.15) is 0 Å². The first-order valence-corrected chi connectivity index (χ1v) is 14.6. The van der Waals surface area contributed by atoms with Crippen LogP contribution in [0.4, 0.5) is 0 Å². The third kappa shape index (κ3) is 6.44. The Morgan fingerprint density at radius 3 is 2.37 bits per heavy atom. The summed E-state index contributed by atoms with van der Waals surface area (Å²) in [7, 11) is 1.56. The Morgan fingerprint density at radius 2 is 1.67 bits per heavy atom. The normalized spacial score (nSPS) is 14.5. The molecule has 0 aliphatic carbocycles. The highest BCUT2D eigenvalue weighted by atomic mass is 32.1. The molecule has 0 bridgehead atoms. The third-order valence-corrected chi connectivity index (χ3v) is 7.61. The van der Waals surface area contributed by atoms with Gasteiger partial charge in [0.25, 0.3) is 5.56 Å². The van der Waals surface area contributed by atoms with Crippen LogP contribution in [0.25, 0.3) is 11.8 Å². The Kier molecular flexibility index (Phi) is 9.17. The van der Waals surface area contributed by atoms with Crippen LogP contribution in [-0.4, -0.2) is 43.4 Å². The highest BCUT2D eigenvalue weighted by molar-refractivity contribution is 7.07. The first-order chi connectivity index (χ1) is 20.9. The molecule has 1 aliphatic rings. The van der Waals surface area contributed by atoms with Crippen molar-refractivity contribution in [1.29, 1.82) is 0 Å². The van der Waals surface area contributed by atoms with Gasteiger partial charge in [-0.15, -0.1) is 0 Å². The molecule has 10 heteroatoms. The molecule has 1 aromatic heterocycles. The summed E-state index contributed by atoms with van der Waals surface area (Å²) in [5, 5.41) is 0. The minimum atomic E-state index is -0.804. The minimum absolute atomic E-state index is 0.166. The van der Waals surface area contributed by atoms with E-state index in [1.54, 1.807) is 61.9 Å². The Hall–Kier alpha value is -4.96. The van der Waals surface area contributed by atoms with Crippen LogP contribution in [0.1, 0.15) is 36.6 Å². The van der Waals surface area contributed by atoms with Gasteiger partial charge >= 0.3 is 11.9 Å². The summed E-state index contributed by atoms with van der Waals surface area (Å²) in [6.07, 6.45) is 1.76. The summed E-state index contributed by atoms with van der Waals surface area (Å²) >= 11 is 1.23. The second kappa shape index (κ2) is 13.3. The van der Waals surface area contributed by atoms with Crippen LogP contribution >= 0.6 is 11.3 Å². The number of methoxy groups -OCH3 is 1. The molecule has 0 fully saturated rings. The monoisotopic (exact) mass is 598 g/mol. The lowest BCUT2D eigenvalue weighted by molar-refractivity contribution is -0.145. The number of hydrogen-bond acceptors (Lipinski definition) is 9. The molecule has 0 spiro atoms. The van der Waals surface area contributed by atoms with Gasteiger partial charge < -0.3 is 18.9 Å². The van der Waals surface area contributed by atoms with Crippen LogP contribution in [0.3, 0.4) is 0 Å². The predicted molar refractivity (Wildman–Crippen MR) is 163 cm³/mol. The van der Waals surface area contributed by atoms with Crippen molar-refractivity contribution in [2.45, 2.75) is 19.9 Å². The van der Waals surface area contributed by atoms with Crippen molar-refractivity contribution < 1.29 is 28.5 Å². The van der Waals surface area contributed by atoms with Crippen molar-refractivity contribution in [3.8, 4) is 11.5 Å². The standard InChI is InChI=1S/C33H30N2O7S/c1-4-40-27(36)20-42-24-16-14-21(15-17-24)18-26-31(37)35-30(23-12-9-13-25(19-23)39-3)28(32(38)41-5-2)29(34-33(35)43-26)22-10-7-6-8-11-22/h6-19,30H,4-5,20H2,1-3H3/b26-18+/t30-/m1/s1. The number of carbonyl (C=O) groups excluding carboxylic acids is 2. The number of hydrogen-bond donors (Lipinski definition) is 0. The first kappa shape index (κ1) is 29.5. The van der Waals surface area contributed by atoms with E-state index >= 15 is 0 Å². The van der Waals surface area contributed by atoms with Crippen molar-refractivity contribution in [2.75, 3.05) is 26.9 Å². The van der Waals surface area contributed by atoms with Crippen LogP contribution in [0, 0.1) is 0 Å². The number of thiazole rings is 1.